The Morgan fingerprint density at radius 2 is 1.83 bits per heavy atom. The summed E-state index contributed by atoms with van der Waals surface area (Å²) >= 11 is 0. The van der Waals surface area contributed by atoms with E-state index < -0.39 is 0 Å². The number of hydrogen-bond donors (Lipinski definition) is 2. The second kappa shape index (κ2) is 7.95. The average Bonchev–Trinajstić information content (AvgIpc) is 3.29. The highest BCUT2D eigenvalue weighted by atomic mass is 16.2. The molecule has 3 heterocycles. The van der Waals surface area contributed by atoms with Gasteiger partial charge in [0.05, 0.1) is 23.1 Å². The Bertz CT molecular complexity index is 1060. The van der Waals surface area contributed by atoms with Crippen molar-refractivity contribution in [1.29, 1.82) is 0 Å². The van der Waals surface area contributed by atoms with E-state index in [-0.39, 0.29) is 17.9 Å². The molecule has 2 aromatic heterocycles. The lowest BCUT2D eigenvalue weighted by molar-refractivity contribution is -0.121. The molecule has 1 atom stereocenters. The Morgan fingerprint density at radius 3 is 2.47 bits per heavy atom. The smallest absolute Gasteiger partial charge is 0.270 e. The molecule has 0 aliphatic carbocycles. The number of amides is 2. The molecule has 4 rings (SSSR count). The summed E-state index contributed by atoms with van der Waals surface area (Å²) in [4.78, 5) is 32.8. The first-order valence-corrected chi connectivity index (χ1v) is 10.3. The lowest BCUT2D eigenvalue weighted by atomic mass is 10.2. The third-order valence-corrected chi connectivity index (χ3v) is 6.05. The number of hydrogen-bond acceptors (Lipinski definition) is 4. The molecule has 3 aromatic rings. The maximum absolute atomic E-state index is 12.9. The van der Waals surface area contributed by atoms with Crippen molar-refractivity contribution in [2.75, 3.05) is 31.5 Å². The van der Waals surface area contributed by atoms with Gasteiger partial charge in [0.2, 0.25) is 5.91 Å². The van der Waals surface area contributed by atoms with Crippen molar-refractivity contribution in [3.05, 3.63) is 47.4 Å². The average molecular weight is 409 g/mol. The minimum atomic E-state index is -0.283. The summed E-state index contributed by atoms with van der Waals surface area (Å²) in [6.07, 6.45) is 0. The fraction of sp³-hybridized carbons (Fsp3) is 0.409. The van der Waals surface area contributed by atoms with Gasteiger partial charge in [0, 0.05) is 44.1 Å². The Kier molecular flexibility index (Phi) is 5.34. The Balaban J connectivity index is 1.36. The van der Waals surface area contributed by atoms with E-state index in [2.05, 4.69) is 20.3 Å². The minimum Gasteiger partial charge on any atom is -0.351 e. The van der Waals surface area contributed by atoms with Gasteiger partial charge in [0.1, 0.15) is 5.69 Å². The van der Waals surface area contributed by atoms with Crippen LogP contribution in [0.1, 0.15) is 28.8 Å². The molecule has 158 valence electrons. The number of fused-ring (bicyclic) bond motifs is 1. The number of aryl methyl sites for hydroxylation is 2. The Morgan fingerprint density at radius 1 is 1.13 bits per heavy atom. The zero-order chi connectivity index (χ0) is 21.4. The molecule has 2 amide bonds. The van der Waals surface area contributed by atoms with Gasteiger partial charge in [0.25, 0.3) is 5.91 Å². The minimum absolute atomic E-state index is 0.00423. The number of carbonyl (C=O) groups excluding carboxylic acids is 2. The quantitative estimate of drug-likeness (QED) is 0.694. The first kappa shape index (κ1) is 20.2. The van der Waals surface area contributed by atoms with Crippen molar-refractivity contribution in [3.63, 3.8) is 0 Å². The second-order valence-electron chi connectivity index (χ2n) is 7.93. The summed E-state index contributed by atoms with van der Waals surface area (Å²) in [5.41, 5.74) is 4.09. The fourth-order valence-corrected chi connectivity index (χ4v) is 4.02. The predicted octanol–water partition coefficient (Wildman–Crippen LogP) is 2.30. The number of nitrogens with one attached hydrogen (secondary N) is 2. The van der Waals surface area contributed by atoms with E-state index in [4.69, 9.17) is 0 Å². The molecular formula is C22H28N6O2. The van der Waals surface area contributed by atoms with E-state index in [1.807, 2.05) is 63.1 Å². The number of anilines is 1. The number of nitrogens with zero attached hydrogens (tertiary/aromatic N) is 4. The maximum Gasteiger partial charge on any atom is 0.270 e. The van der Waals surface area contributed by atoms with Gasteiger partial charge in [0.15, 0.2) is 0 Å². The number of aromatic amines is 1. The number of rotatable bonds is 4. The van der Waals surface area contributed by atoms with Crippen LogP contribution in [0.25, 0.3) is 10.9 Å². The fourth-order valence-electron chi connectivity index (χ4n) is 4.02. The van der Waals surface area contributed by atoms with Gasteiger partial charge >= 0.3 is 0 Å². The van der Waals surface area contributed by atoms with Crippen LogP contribution in [0.3, 0.4) is 0 Å². The molecule has 30 heavy (non-hydrogen) atoms. The van der Waals surface area contributed by atoms with Crippen molar-refractivity contribution < 1.29 is 9.59 Å². The summed E-state index contributed by atoms with van der Waals surface area (Å²) in [5.74, 6) is -0.0471. The molecule has 1 fully saturated rings. The molecule has 8 heteroatoms. The van der Waals surface area contributed by atoms with Crippen molar-refractivity contribution in [2.24, 2.45) is 7.05 Å². The highest BCUT2D eigenvalue weighted by molar-refractivity contribution is 5.98. The standard InChI is InChI=1S/C22H28N6O2/c1-14-20(15(2)26(4)25-14)24-21(29)16(3)27-9-11-28(12-10-27)22(30)19-13-17-7-5-6-8-18(17)23-19/h5-8,13,16,23H,9-12H2,1-4H3,(H,24,29). The van der Waals surface area contributed by atoms with E-state index >= 15 is 0 Å². The van der Waals surface area contributed by atoms with E-state index in [0.29, 0.717) is 31.9 Å². The SMILES string of the molecule is Cc1nn(C)c(C)c1NC(=O)C(C)N1CCN(C(=O)c2cc3ccccc3[nH]2)CC1. The van der Waals surface area contributed by atoms with E-state index in [9.17, 15) is 9.59 Å². The topological polar surface area (TPSA) is 86.3 Å². The number of para-hydroxylation sites is 1. The van der Waals surface area contributed by atoms with Gasteiger partial charge < -0.3 is 15.2 Å². The number of carbonyl (C=O) groups is 2. The van der Waals surface area contributed by atoms with E-state index in [0.717, 1.165) is 28.0 Å². The molecule has 2 N–H and O–H groups in total. The number of benzene rings is 1. The number of aromatic nitrogens is 3. The molecule has 1 aliphatic rings. The van der Waals surface area contributed by atoms with Crippen LogP contribution >= 0.6 is 0 Å². The zero-order valence-electron chi connectivity index (χ0n) is 17.9. The lowest BCUT2D eigenvalue weighted by Crippen LogP contribution is -2.54. The predicted molar refractivity (Wildman–Crippen MR) is 117 cm³/mol. The largest absolute Gasteiger partial charge is 0.351 e. The molecule has 1 aromatic carbocycles. The van der Waals surface area contributed by atoms with Crippen molar-refractivity contribution in [2.45, 2.75) is 26.8 Å². The molecule has 0 radical (unpaired) electrons. The van der Waals surface area contributed by atoms with Crippen LogP contribution in [0, 0.1) is 13.8 Å². The normalized spacial score (nSPS) is 16.1. The van der Waals surface area contributed by atoms with Crippen LogP contribution in [0.5, 0.6) is 0 Å². The highest BCUT2D eigenvalue weighted by Crippen LogP contribution is 2.20. The molecule has 8 nitrogen and oxygen atoms in total. The van der Waals surface area contributed by atoms with Crippen LogP contribution in [0.15, 0.2) is 30.3 Å². The summed E-state index contributed by atoms with van der Waals surface area (Å²) in [6, 6.07) is 9.49. The molecule has 1 saturated heterocycles. The van der Waals surface area contributed by atoms with Crippen molar-refractivity contribution >= 4 is 28.4 Å². The van der Waals surface area contributed by atoms with Crippen LogP contribution in [-0.4, -0.2) is 68.6 Å². The van der Waals surface area contributed by atoms with Crippen LogP contribution in [0.2, 0.25) is 0 Å². The summed E-state index contributed by atoms with van der Waals surface area (Å²) in [6.45, 7) is 8.24. The number of H-pyrrole nitrogens is 1. The van der Waals surface area contributed by atoms with Gasteiger partial charge in [-0.15, -0.1) is 0 Å². The third kappa shape index (κ3) is 3.70. The van der Waals surface area contributed by atoms with Crippen molar-refractivity contribution in [3.8, 4) is 0 Å². The molecule has 1 unspecified atom stereocenters. The Labute approximate surface area is 175 Å². The van der Waals surface area contributed by atoms with Gasteiger partial charge in [-0.05, 0) is 32.9 Å². The lowest BCUT2D eigenvalue weighted by Gasteiger charge is -2.37. The summed E-state index contributed by atoms with van der Waals surface area (Å²) in [5, 5.41) is 8.41. The first-order valence-electron chi connectivity index (χ1n) is 10.3. The number of piperazine rings is 1. The molecule has 0 bridgehead atoms. The summed E-state index contributed by atoms with van der Waals surface area (Å²) < 4.78 is 1.77. The highest BCUT2D eigenvalue weighted by Gasteiger charge is 2.29. The van der Waals surface area contributed by atoms with Gasteiger partial charge in [-0.1, -0.05) is 18.2 Å². The maximum atomic E-state index is 12.9. The van der Waals surface area contributed by atoms with Gasteiger partial charge in [-0.3, -0.25) is 19.2 Å². The van der Waals surface area contributed by atoms with Crippen LogP contribution < -0.4 is 5.32 Å². The third-order valence-electron chi connectivity index (χ3n) is 6.05. The van der Waals surface area contributed by atoms with E-state index in [1.54, 1.807) is 4.68 Å². The summed E-state index contributed by atoms with van der Waals surface area (Å²) in [7, 11) is 1.87. The van der Waals surface area contributed by atoms with Gasteiger partial charge in [-0.25, -0.2) is 0 Å². The molecule has 1 aliphatic heterocycles. The van der Waals surface area contributed by atoms with Crippen molar-refractivity contribution in [1.82, 2.24) is 24.6 Å². The zero-order valence-corrected chi connectivity index (χ0v) is 17.9. The van der Waals surface area contributed by atoms with Crippen LogP contribution in [-0.2, 0) is 11.8 Å². The molecule has 0 saturated carbocycles. The van der Waals surface area contributed by atoms with E-state index in [1.165, 1.54) is 0 Å². The van der Waals surface area contributed by atoms with Crippen LogP contribution in [0.4, 0.5) is 5.69 Å². The Hall–Kier alpha value is -3.13. The van der Waals surface area contributed by atoms with Gasteiger partial charge in [-0.2, -0.15) is 5.10 Å². The second-order valence-corrected chi connectivity index (χ2v) is 7.93. The first-order chi connectivity index (χ1) is 14.3. The monoisotopic (exact) mass is 408 g/mol. The molecular weight excluding hydrogens is 380 g/mol. The molecule has 0 spiro atoms.